The van der Waals surface area contributed by atoms with E-state index in [0.29, 0.717) is 5.56 Å². The molecule has 0 saturated heterocycles. The highest BCUT2D eigenvalue weighted by molar-refractivity contribution is 5.50. The second-order valence-electron chi connectivity index (χ2n) is 4.98. The lowest BCUT2D eigenvalue weighted by Crippen LogP contribution is -2.07. The summed E-state index contributed by atoms with van der Waals surface area (Å²) in [7, 11) is 0. The van der Waals surface area contributed by atoms with Crippen molar-refractivity contribution in [3.05, 3.63) is 64.7 Å². The van der Waals surface area contributed by atoms with Crippen molar-refractivity contribution in [2.45, 2.75) is 26.8 Å². The van der Waals surface area contributed by atoms with Gasteiger partial charge in [0.05, 0.1) is 11.6 Å². The minimum Gasteiger partial charge on any atom is -0.378 e. The van der Waals surface area contributed by atoms with Crippen LogP contribution in [0.1, 0.15) is 35.2 Å². The van der Waals surface area contributed by atoms with E-state index in [-0.39, 0.29) is 6.04 Å². The summed E-state index contributed by atoms with van der Waals surface area (Å²) in [5.41, 5.74) is 5.46. The molecule has 2 heteroatoms. The lowest BCUT2D eigenvalue weighted by Gasteiger charge is -2.17. The quantitative estimate of drug-likeness (QED) is 0.879. The van der Waals surface area contributed by atoms with Crippen LogP contribution in [-0.4, -0.2) is 0 Å². The molecule has 2 aromatic rings. The molecule has 0 saturated carbocycles. The van der Waals surface area contributed by atoms with Crippen LogP contribution in [0.2, 0.25) is 0 Å². The Kier molecular flexibility index (Phi) is 3.87. The summed E-state index contributed by atoms with van der Waals surface area (Å²) in [6, 6.07) is 16.5. The Morgan fingerprint density at radius 3 is 2.37 bits per heavy atom. The topological polar surface area (TPSA) is 35.8 Å². The maximum Gasteiger partial charge on any atom is 0.0992 e. The first-order valence-corrected chi connectivity index (χ1v) is 6.43. The number of aryl methyl sites for hydroxylation is 2. The minimum atomic E-state index is 0.215. The van der Waals surface area contributed by atoms with Gasteiger partial charge in [-0.15, -0.1) is 0 Å². The normalized spacial score (nSPS) is 11.7. The fraction of sp³-hybridized carbons (Fsp3) is 0.235. The average molecular weight is 250 g/mol. The fourth-order valence-electron chi connectivity index (χ4n) is 2.27. The monoisotopic (exact) mass is 250 g/mol. The number of hydrogen-bond donors (Lipinski definition) is 1. The summed E-state index contributed by atoms with van der Waals surface area (Å²) in [6.07, 6.45) is 0. The summed E-state index contributed by atoms with van der Waals surface area (Å²) in [5, 5.41) is 12.3. The zero-order valence-corrected chi connectivity index (χ0v) is 11.6. The van der Waals surface area contributed by atoms with Crippen molar-refractivity contribution in [1.29, 1.82) is 5.26 Å². The van der Waals surface area contributed by atoms with Crippen LogP contribution in [0.25, 0.3) is 0 Å². The van der Waals surface area contributed by atoms with E-state index in [4.69, 9.17) is 5.26 Å². The highest BCUT2D eigenvalue weighted by Gasteiger charge is 2.06. The zero-order chi connectivity index (χ0) is 13.8. The van der Waals surface area contributed by atoms with E-state index in [2.05, 4.69) is 50.4 Å². The van der Waals surface area contributed by atoms with Crippen molar-refractivity contribution < 1.29 is 0 Å². The molecule has 0 aromatic heterocycles. The largest absolute Gasteiger partial charge is 0.378 e. The molecule has 0 heterocycles. The third kappa shape index (κ3) is 3.35. The summed E-state index contributed by atoms with van der Waals surface area (Å²) in [4.78, 5) is 0. The van der Waals surface area contributed by atoms with Crippen molar-refractivity contribution in [2.75, 3.05) is 5.32 Å². The smallest absolute Gasteiger partial charge is 0.0992 e. The van der Waals surface area contributed by atoms with Crippen LogP contribution in [-0.2, 0) is 0 Å². The van der Waals surface area contributed by atoms with Gasteiger partial charge in [-0.05, 0) is 44.5 Å². The number of nitriles is 1. The molecule has 0 aliphatic carbocycles. The molecule has 2 rings (SSSR count). The lowest BCUT2D eigenvalue weighted by molar-refractivity contribution is 0.880. The van der Waals surface area contributed by atoms with Crippen molar-refractivity contribution in [3.63, 3.8) is 0 Å². The molecule has 0 radical (unpaired) electrons. The summed E-state index contributed by atoms with van der Waals surface area (Å²) in [6.45, 7) is 6.35. The molecule has 0 aliphatic heterocycles. The van der Waals surface area contributed by atoms with Crippen LogP contribution in [0.3, 0.4) is 0 Å². The van der Waals surface area contributed by atoms with Crippen molar-refractivity contribution in [3.8, 4) is 6.07 Å². The number of nitrogens with zero attached hydrogens (tertiary/aromatic N) is 1. The minimum absolute atomic E-state index is 0.215. The van der Waals surface area contributed by atoms with Crippen LogP contribution >= 0.6 is 0 Å². The van der Waals surface area contributed by atoms with Gasteiger partial charge in [0.1, 0.15) is 0 Å². The SMILES string of the molecule is Cc1cc(C)cc(C(C)Nc2cccc(C#N)c2)c1. The Labute approximate surface area is 114 Å². The first kappa shape index (κ1) is 13.2. The molecule has 1 unspecified atom stereocenters. The molecule has 0 aliphatic rings. The number of nitrogens with one attached hydrogen (secondary N) is 1. The molecular formula is C17H18N2. The molecule has 0 amide bonds. The van der Waals surface area contributed by atoms with Crippen molar-refractivity contribution in [2.24, 2.45) is 0 Å². The summed E-state index contributed by atoms with van der Waals surface area (Å²) in [5.74, 6) is 0. The van der Waals surface area contributed by atoms with Crippen molar-refractivity contribution in [1.82, 2.24) is 0 Å². The summed E-state index contributed by atoms with van der Waals surface area (Å²) >= 11 is 0. The molecule has 0 spiro atoms. The average Bonchev–Trinajstić information content (AvgIpc) is 2.37. The van der Waals surface area contributed by atoms with E-state index in [1.807, 2.05) is 24.3 Å². The van der Waals surface area contributed by atoms with Gasteiger partial charge in [0.2, 0.25) is 0 Å². The van der Waals surface area contributed by atoms with E-state index in [1.165, 1.54) is 16.7 Å². The van der Waals surface area contributed by atoms with E-state index in [0.717, 1.165) is 5.69 Å². The van der Waals surface area contributed by atoms with E-state index >= 15 is 0 Å². The van der Waals surface area contributed by atoms with E-state index in [9.17, 15) is 0 Å². The van der Waals surface area contributed by atoms with Crippen LogP contribution in [0.4, 0.5) is 5.69 Å². The molecule has 2 nitrogen and oxygen atoms in total. The first-order chi connectivity index (χ1) is 9.08. The predicted octanol–water partition coefficient (Wildman–Crippen LogP) is 4.35. The number of hydrogen-bond acceptors (Lipinski definition) is 2. The van der Waals surface area contributed by atoms with Gasteiger partial charge in [-0.2, -0.15) is 5.26 Å². The van der Waals surface area contributed by atoms with Crippen LogP contribution in [0, 0.1) is 25.2 Å². The number of benzene rings is 2. The van der Waals surface area contributed by atoms with Gasteiger partial charge in [0.15, 0.2) is 0 Å². The maximum absolute atomic E-state index is 8.91. The molecule has 0 fully saturated rings. The second-order valence-corrected chi connectivity index (χ2v) is 4.98. The molecule has 96 valence electrons. The number of anilines is 1. The van der Waals surface area contributed by atoms with Gasteiger partial charge in [0.25, 0.3) is 0 Å². The predicted molar refractivity (Wildman–Crippen MR) is 79.1 cm³/mol. The molecule has 1 atom stereocenters. The van der Waals surface area contributed by atoms with Gasteiger partial charge in [-0.25, -0.2) is 0 Å². The Balaban J connectivity index is 2.20. The third-order valence-electron chi connectivity index (χ3n) is 3.12. The number of rotatable bonds is 3. The summed E-state index contributed by atoms with van der Waals surface area (Å²) < 4.78 is 0. The fourth-order valence-corrected chi connectivity index (χ4v) is 2.27. The Morgan fingerprint density at radius 2 is 1.74 bits per heavy atom. The van der Waals surface area contributed by atoms with Gasteiger partial charge < -0.3 is 5.32 Å². The standard InChI is InChI=1S/C17H18N2/c1-12-7-13(2)9-16(8-12)14(3)19-17-6-4-5-15(10-17)11-18/h4-10,14,19H,1-3H3. The second kappa shape index (κ2) is 5.58. The third-order valence-corrected chi connectivity index (χ3v) is 3.12. The molecule has 2 aromatic carbocycles. The highest BCUT2D eigenvalue weighted by Crippen LogP contribution is 2.21. The van der Waals surface area contributed by atoms with Crippen LogP contribution in [0.15, 0.2) is 42.5 Å². The van der Waals surface area contributed by atoms with Crippen LogP contribution in [0.5, 0.6) is 0 Å². The van der Waals surface area contributed by atoms with E-state index < -0.39 is 0 Å². The van der Waals surface area contributed by atoms with Crippen LogP contribution < -0.4 is 5.32 Å². The van der Waals surface area contributed by atoms with E-state index in [1.54, 1.807) is 0 Å². The lowest BCUT2D eigenvalue weighted by atomic mass is 10.0. The first-order valence-electron chi connectivity index (χ1n) is 6.43. The molecular weight excluding hydrogens is 232 g/mol. The Hall–Kier alpha value is -2.27. The van der Waals surface area contributed by atoms with Gasteiger partial charge in [0, 0.05) is 11.7 Å². The highest BCUT2D eigenvalue weighted by atomic mass is 14.9. The molecule has 19 heavy (non-hydrogen) atoms. The Morgan fingerprint density at radius 1 is 1.05 bits per heavy atom. The van der Waals surface area contributed by atoms with Gasteiger partial charge in [-0.3, -0.25) is 0 Å². The molecule has 1 N–H and O–H groups in total. The Bertz CT molecular complexity index is 603. The zero-order valence-electron chi connectivity index (χ0n) is 11.6. The van der Waals surface area contributed by atoms with Gasteiger partial charge in [-0.1, -0.05) is 35.4 Å². The maximum atomic E-state index is 8.91. The van der Waals surface area contributed by atoms with Crippen molar-refractivity contribution >= 4 is 5.69 Å². The molecule has 0 bridgehead atoms. The van der Waals surface area contributed by atoms with Gasteiger partial charge >= 0.3 is 0 Å².